The van der Waals surface area contributed by atoms with Gasteiger partial charge >= 0.3 is 6.03 Å². The smallest absolute Gasteiger partial charge is 0.325 e. The van der Waals surface area contributed by atoms with Crippen LogP contribution in [-0.4, -0.2) is 58.3 Å². The van der Waals surface area contributed by atoms with E-state index in [4.69, 9.17) is 0 Å². The van der Waals surface area contributed by atoms with Crippen molar-refractivity contribution in [3.63, 3.8) is 0 Å². The molecule has 0 spiro atoms. The number of carbonyl (C=O) groups excluding carboxylic acids is 3. The number of hydrogen-bond acceptors (Lipinski definition) is 3. The largest absolute Gasteiger partial charge is 0.361 e. The second-order valence-electron chi connectivity index (χ2n) is 6.37. The maximum Gasteiger partial charge on any atom is 0.325 e. The highest BCUT2D eigenvalue weighted by atomic mass is 16.2. The first-order valence-corrected chi connectivity index (χ1v) is 8.71. The van der Waals surface area contributed by atoms with E-state index in [0.717, 1.165) is 21.4 Å². The normalized spacial score (nSPS) is 16.4. The van der Waals surface area contributed by atoms with Crippen LogP contribution in [0.15, 0.2) is 55.8 Å². The Morgan fingerprint density at radius 3 is 2.59 bits per heavy atom. The highest BCUT2D eigenvalue weighted by Crippen LogP contribution is 2.21. The van der Waals surface area contributed by atoms with Crippen LogP contribution in [0.3, 0.4) is 0 Å². The van der Waals surface area contributed by atoms with Crippen molar-refractivity contribution in [2.45, 2.75) is 12.5 Å². The molecule has 4 amide bonds. The van der Waals surface area contributed by atoms with Gasteiger partial charge in [-0.3, -0.25) is 14.5 Å². The fourth-order valence-corrected chi connectivity index (χ4v) is 3.21. The van der Waals surface area contributed by atoms with Crippen LogP contribution in [0.1, 0.15) is 5.56 Å². The highest BCUT2D eigenvalue weighted by molar-refractivity contribution is 6.06. The summed E-state index contributed by atoms with van der Waals surface area (Å²) in [7, 11) is 0. The van der Waals surface area contributed by atoms with E-state index in [2.05, 4.69) is 23.5 Å². The van der Waals surface area contributed by atoms with E-state index >= 15 is 0 Å². The number of aromatic amines is 1. The summed E-state index contributed by atoms with van der Waals surface area (Å²) in [5, 5.41) is 3.69. The summed E-state index contributed by atoms with van der Waals surface area (Å²) in [5.74, 6) is -0.721. The minimum atomic E-state index is -0.684. The van der Waals surface area contributed by atoms with Gasteiger partial charge in [0, 0.05) is 36.6 Å². The number of nitrogens with zero attached hydrogens (tertiary/aromatic N) is 2. The molecule has 1 aromatic carbocycles. The van der Waals surface area contributed by atoms with Crippen molar-refractivity contribution in [1.82, 2.24) is 20.1 Å². The molecule has 27 heavy (non-hydrogen) atoms. The second-order valence-corrected chi connectivity index (χ2v) is 6.37. The van der Waals surface area contributed by atoms with Gasteiger partial charge in [-0.15, -0.1) is 13.2 Å². The van der Waals surface area contributed by atoms with Crippen molar-refractivity contribution in [3.05, 3.63) is 61.3 Å². The number of fused-ring (bicyclic) bond motifs is 1. The van der Waals surface area contributed by atoms with Crippen molar-refractivity contribution in [1.29, 1.82) is 0 Å². The van der Waals surface area contributed by atoms with Crippen LogP contribution in [-0.2, 0) is 16.0 Å². The van der Waals surface area contributed by atoms with Crippen LogP contribution in [0, 0.1) is 0 Å². The Labute approximate surface area is 157 Å². The van der Waals surface area contributed by atoms with Crippen LogP contribution in [0.4, 0.5) is 4.79 Å². The molecular weight excluding hydrogens is 344 g/mol. The van der Waals surface area contributed by atoms with E-state index in [1.54, 1.807) is 12.2 Å². The third-order valence-electron chi connectivity index (χ3n) is 4.55. The molecule has 7 heteroatoms. The molecule has 1 fully saturated rings. The van der Waals surface area contributed by atoms with Gasteiger partial charge in [-0.2, -0.15) is 0 Å². The predicted octanol–water partition coefficient (Wildman–Crippen LogP) is 1.83. The number of para-hydroxylation sites is 1. The van der Waals surface area contributed by atoms with E-state index in [1.165, 1.54) is 4.90 Å². The molecule has 1 atom stereocenters. The minimum absolute atomic E-state index is 0.295. The minimum Gasteiger partial charge on any atom is -0.361 e. The summed E-state index contributed by atoms with van der Waals surface area (Å²) in [6.07, 6.45) is 5.39. The third-order valence-corrected chi connectivity index (χ3v) is 4.55. The highest BCUT2D eigenvalue weighted by Gasteiger charge is 2.39. The van der Waals surface area contributed by atoms with E-state index in [1.807, 2.05) is 30.5 Å². The number of urea groups is 1. The summed E-state index contributed by atoms with van der Waals surface area (Å²) >= 11 is 0. The Hall–Kier alpha value is -3.35. The number of H-pyrrole nitrogens is 1. The number of aromatic nitrogens is 1. The maximum absolute atomic E-state index is 12.7. The molecule has 1 aliphatic rings. The lowest BCUT2D eigenvalue weighted by molar-refractivity contribution is -0.136. The zero-order chi connectivity index (χ0) is 19.4. The first kappa shape index (κ1) is 18.4. The van der Waals surface area contributed by atoms with Crippen molar-refractivity contribution in [3.8, 4) is 0 Å². The Morgan fingerprint density at radius 2 is 1.89 bits per heavy atom. The Bertz CT molecular complexity index is 892. The quantitative estimate of drug-likeness (QED) is 0.552. The molecule has 0 bridgehead atoms. The molecular formula is C20H22N4O3. The van der Waals surface area contributed by atoms with Gasteiger partial charge in [0.25, 0.3) is 5.91 Å². The summed E-state index contributed by atoms with van der Waals surface area (Å²) < 4.78 is 0. The number of rotatable bonds is 8. The number of nitrogens with one attached hydrogen (secondary N) is 2. The number of hydrogen-bond donors (Lipinski definition) is 2. The van der Waals surface area contributed by atoms with Gasteiger partial charge in [-0.05, 0) is 11.6 Å². The Kier molecular flexibility index (Phi) is 5.40. The lowest BCUT2D eigenvalue weighted by Crippen LogP contribution is -2.43. The summed E-state index contributed by atoms with van der Waals surface area (Å²) in [5.41, 5.74) is 1.91. The van der Waals surface area contributed by atoms with Crippen LogP contribution >= 0.6 is 0 Å². The average Bonchev–Trinajstić information content (AvgIpc) is 3.18. The molecule has 1 saturated heterocycles. The van der Waals surface area contributed by atoms with Crippen molar-refractivity contribution < 1.29 is 14.4 Å². The Morgan fingerprint density at radius 1 is 1.19 bits per heavy atom. The molecule has 2 heterocycles. The molecule has 0 radical (unpaired) electrons. The summed E-state index contributed by atoms with van der Waals surface area (Å²) in [6, 6.07) is 6.54. The molecule has 2 N–H and O–H groups in total. The van der Waals surface area contributed by atoms with Gasteiger partial charge < -0.3 is 15.2 Å². The van der Waals surface area contributed by atoms with Crippen LogP contribution in [0.5, 0.6) is 0 Å². The Balaban J connectivity index is 1.70. The summed E-state index contributed by atoms with van der Waals surface area (Å²) in [4.78, 5) is 42.9. The number of benzene rings is 1. The molecule has 3 rings (SSSR count). The SMILES string of the molecule is C=CCN(CC=C)C(=O)CN1C(=O)N[C@@H](Cc2c[nH]c3ccccc23)C1=O. The van der Waals surface area contributed by atoms with Gasteiger partial charge in [0.1, 0.15) is 12.6 Å². The van der Waals surface area contributed by atoms with E-state index in [-0.39, 0.29) is 12.5 Å². The van der Waals surface area contributed by atoms with E-state index < -0.39 is 18.0 Å². The predicted molar refractivity (Wildman–Crippen MR) is 103 cm³/mol. The number of amides is 4. The molecule has 2 aromatic rings. The molecule has 1 aromatic heterocycles. The van der Waals surface area contributed by atoms with E-state index in [0.29, 0.717) is 19.5 Å². The van der Waals surface area contributed by atoms with Crippen LogP contribution in [0.25, 0.3) is 10.9 Å². The zero-order valence-corrected chi connectivity index (χ0v) is 15.0. The fourth-order valence-electron chi connectivity index (χ4n) is 3.21. The summed E-state index contributed by atoms with van der Waals surface area (Å²) in [6.45, 7) is 7.59. The zero-order valence-electron chi connectivity index (χ0n) is 15.0. The molecule has 0 aliphatic carbocycles. The standard InChI is InChI=1S/C20H22N4O3/c1-3-9-23(10-4-2)18(25)13-24-19(26)17(22-20(24)27)11-14-12-21-16-8-6-5-7-15(14)16/h3-8,12,17,21H,1-2,9-11,13H2,(H,22,27)/t17-/m0/s1. The van der Waals surface area contributed by atoms with Crippen molar-refractivity contribution in [2.24, 2.45) is 0 Å². The monoisotopic (exact) mass is 366 g/mol. The van der Waals surface area contributed by atoms with Gasteiger partial charge in [0.2, 0.25) is 5.91 Å². The number of carbonyl (C=O) groups is 3. The van der Waals surface area contributed by atoms with Gasteiger partial charge in [0.15, 0.2) is 0 Å². The molecule has 0 saturated carbocycles. The first-order chi connectivity index (χ1) is 13.0. The van der Waals surface area contributed by atoms with Gasteiger partial charge in [0.05, 0.1) is 0 Å². The maximum atomic E-state index is 12.7. The topological polar surface area (TPSA) is 85.5 Å². The lowest BCUT2D eigenvalue weighted by atomic mass is 10.1. The van der Waals surface area contributed by atoms with Crippen molar-refractivity contribution >= 4 is 28.7 Å². The third kappa shape index (κ3) is 3.76. The first-order valence-electron chi connectivity index (χ1n) is 8.71. The van der Waals surface area contributed by atoms with Crippen LogP contribution < -0.4 is 5.32 Å². The van der Waals surface area contributed by atoms with E-state index in [9.17, 15) is 14.4 Å². The molecule has 0 unspecified atom stereocenters. The van der Waals surface area contributed by atoms with Crippen LogP contribution in [0.2, 0.25) is 0 Å². The van der Waals surface area contributed by atoms with Gasteiger partial charge in [-0.1, -0.05) is 30.4 Å². The molecule has 140 valence electrons. The fraction of sp³-hybridized carbons (Fsp3) is 0.250. The molecule has 7 nitrogen and oxygen atoms in total. The van der Waals surface area contributed by atoms with Crippen molar-refractivity contribution in [2.75, 3.05) is 19.6 Å². The second kappa shape index (κ2) is 7.90. The van der Waals surface area contributed by atoms with Gasteiger partial charge in [-0.25, -0.2) is 4.79 Å². The number of imide groups is 1. The average molecular weight is 366 g/mol. The molecule has 1 aliphatic heterocycles. The lowest BCUT2D eigenvalue weighted by Gasteiger charge is -2.21.